The molecule has 0 unspecified atom stereocenters. The van der Waals surface area contributed by atoms with Crippen LogP contribution in [-0.2, 0) is 17.8 Å². The number of benzene rings is 2. The quantitative estimate of drug-likeness (QED) is 0.650. The molecule has 2 aromatic carbocycles. The van der Waals surface area contributed by atoms with E-state index in [0.717, 1.165) is 37.9 Å². The van der Waals surface area contributed by atoms with Crippen molar-refractivity contribution < 1.29 is 9.53 Å². The molecule has 4 atom stereocenters. The number of carbonyl (C=O) groups excluding carboxylic acids is 1. The van der Waals surface area contributed by atoms with Crippen molar-refractivity contribution in [2.45, 2.75) is 58.0 Å². The number of ketones is 1. The number of nitrogens with zero attached hydrogens (tertiary/aromatic N) is 1. The third-order valence-corrected chi connectivity index (χ3v) is 8.23. The topological polar surface area (TPSA) is 29.5 Å². The van der Waals surface area contributed by atoms with Crippen LogP contribution in [0.4, 0.5) is 5.69 Å². The van der Waals surface area contributed by atoms with Crippen LogP contribution in [0.25, 0.3) is 0 Å². The summed E-state index contributed by atoms with van der Waals surface area (Å²) in [4.78, 5) is 14.8. The Kier molecular flexibility index (Phi) is 4.88. The third-order valence-electron chi connectivity index (χ3n) is 8.23. The van der Waals surface area contributed by atoms with Crippen molar-refractivity contribution in [1.29, 1.82) is 0 Å². The van der Waals surface area contributed by atoms with Gasteiger partial charge in [0.1, 0.15) is 18.1 Å². The monoisotopic (exact) mass is 403 g/mol. The van der Waals surface area contributed by atoms with Gasteiger partial charge >= 0.3 is 0 Å². The Hall–Kier alpha value is -2.29. The zero-order chi connectivity index (χ0) is 20.9. The Labute approximate surface area is 180 Å². The molecule has 3 nitrogen and oxygen atoms in total. The molecule has 0 radical (unpaired) electrons. The summed E-state index contributed by atoms with van der Waals surface area (Å²) in [7, 11) is 4.20. The molecule has 30 heavy (non-hydrogen) atoms. The number of rotatable bonds is 4. The van der Waals surface area contributed by atoms with Crippen molar-refractivity contribution in [3.8, 4) is 5.75 Å². The van der Waals surface area contributed by atoms with Crippen molar-refractivity contribution in [3.63, 3.8) is 0 Å². The Morgan fingerprint density at radius 1 is 1.07 bits per heavy atom. The second-order valence-corrected chi connectivity index (χ2v) is 10.0. The van der Waals surface area contributed by atoms with E-state index in [1.54, 1.807) is 0 Å². The minimum atomic E-state index is -0.0538. The molecular weight excluding hydrogens is 370 g/mol. The lowest BCUT2D eigenvalue weighted by atomic mass is 9.55. The summed E-state index contributed by atoms with van der Waals surface area (Å²) in [5, 5.41) is 0. The lowest BCUT2D eigenvalue weighted by molar-refractivity contribution is -0.129. The van der Waals surface area contributed by atoms with Crippen LogP contribution in [0.5, 0.6) is 5.75 Å². The molecule has 0 heterocycles. The van der Waals surface area contributed by atoms with Gasteiger partial charge in [0, 0.05) is 25.9 Å². The highest BCUT2D eigenvalue weighted by Gasteiger charge is 2.54. The van der Waals surface area contributed by atoms with Gasteiger partial charge in [-0.25, -0.2) is 0 Å². The maximum Gasteiger partial charge on any atom is 0.143 e. The Morgan fingerprint density at radius 3 is 2.63 bits per heavy atom. The number of hydrogen-bond donors (Lipinski definition) is 0. The normalized spacial score (nSPS) is 29.7. The Balaban J connectivity index is 1.45. The van der Waals surface area contributed by atoms with Crippen molar-refractivity contribution >= 4 is 11.5 Å². The van der Waals surface area contributed by atoms with Crippen LogP contribution in [-0.4, -0.2) is 19.9 Å². The van der Waals surface area contributed by atoms with E-state index in [1.165, 1.54) is 28.8 Å². The van der Waals surface area contributed by atoms with E-state index in [0.29, 0.717) is 30.1 Å². The van der Waals surface area contributed by atoms with Crippen LogP contribution in [0.2, 0.25) is 0 Å². The summed E-state index contributed by atoms with van der Waals surface area (Å²) < 4.78 is 6.30. The first-order valence-electron chi connectivity index (χ1n) is 11.5. The molecule has 0 aromatic heterocycles. The first-order chi connectivity index (χ1) is 14.5. The van der Waals surface area contributed by atoms with Crippen LogP contribution >= 0.6 is 0 Å². The highest BCUT2D eigenvalue weighted by Crippen LogP contribution is 2.60. The first kappa shape index (κ1) is 19.7. The van der Waals surface area contributed by atoms with E-state index in [2.05, 4.69) is 62.3 Å². The number of ether oxygens (including phenoxy) is 1. The summed E-state index contributed by atoms with van der Waals surface area (Å²) in [6.45, 7) is 2.85. The molecule has 0 amide bonds. The van der Waals surface area contributed by atoms with Crippen molar-refractivity contribution in [1.82, 2.24) is 0 Å². The maximum atomic E-state index is 12.6. The van der Waals surface area contributed by atoms with Gasteiger partial charge < -0.3 is 9.64 Å². The summed E-state index contributed by atoms with van der Waals surface area (Å²) in [6, 6.07) is 15.1. The van der Waals surface area contributed by atoms with Crippen LogP contribution in [0.15, 0.2) is 42.5 Å². The molecule has 3 aliphatic rings. The first-order valence-corrected chi connectivity index (χ1v) is 11.5. The van der Waals surface area contributed by atoms with E-state index < -0.39 is 0 Å². The molecule has 0 bridgehead atoms. The fourth-order valence-electron chi connectivity index (χ4n) is 6.56. The molecule has 3 heteroatoms. The number of hydrogen-bond acceptors (Lipinski definition) is 3. The van der Waals surface area contributed by atoms with Crippen molar-refractivity contribution in [2.75, 3.05) is 19.0 Å². The van der Waals surface area contributed by atoms with E-state index in [1.807, 2.05) is 6.07 Å². The molecular formula is C27H33NO2. The average Bonchev–Trinajstić information content (AvgIpc) is 3.06. The molecule has 2 fully saturated rings. The lowest BCUT2D eigenvalue weighted by Gasteiger charge is -2.48. The zero-order valence-electron chi connectivity index (χ0n) is 18.5. The van der Waals surface area contributed by atoms with Gasteiger partial charge in [-0.2, -0.15) is 0 Å². The molecule has 0 aliphatic heterocycles. The second kappa shape index (κ2) is 7.44. The molecule has 5 rings (SSSR count). The molecule has 0 spiro atoms. The van der Waals surface area contributed by atoms with E-state index in [-0.39, 0.29) is 5.41 Å². The van der Waals surface area contributed by atoms with E-state index in [4.69, 9.17) is 4.74 Å². The summed E-state index contributed by atoms with van der Waals surface area (Å²) in [6.07, 6.45) is 6.42. The number of carbonyl (C=O) groups is 1. The van der Waals surface area contributed by atoms with Crippen LogP contribution in [0, 0.1) is 17.3 Å². The molecule has 2 saturated carbocycles. The predicted molar refractivity (Wildman–Crippen MR) is 121 cm³/mol. The largest absolute Gasteiger partial charge is 0.487 e. The SMILES string of the molecule is CN(C)c1cc2c(cc1OCc1ccccc1)CC[C@@H]1[C@@H]2CC[C@]2(C)C(=O)CC[C@@H]12. The van der Waals surface area contributed by atoms with Crippen LogP contribution in [0.3, 0.4) is 0 Å². The lowest BCUT2D eigenvalue weighted by Crippen LogP contribution is -2.42. The fourth-order valence-corrected chi connectivity index (χ4v) is 6.56. The molecule has 2 aromatic rings. The minimum absolute atomic E-state index is 0.0538. The number of aryl methyl sites for hydroxylation is 1. The molecule has 0 saturated heterocycles. The van der Waals surface area contributed by atoms with Crippen molar-refractivity contribution in [3.05, 3.63) is 59.2 Å². The summed E-state index contributed by atoms with van der Waals surface area (Å²) >= 11 is 0. The highest BCUT2D eigenvalue weighted by atomic mass is 16.5. The van der Waals surface area contributed by atoms with Gasteiger partial charge in [-0.15, -0.1) is 0 Å². The van der Waals surface area contributed by atoms with Crippen molar-refractivity contribution in [2.24, 2.45) is 17.3 Å². The second-order valence-electron chi connectivity index (χ2n) is 10.0. The Morgan fingerprint density at radius 2 is 1.87 bits per heavy atom. The molecule has 158 valence electrons. The highest BCUT2D eigenvalue weighted by molar-refractivity contribution is 5.87. The fraction of sp³-hybridized carbons (Fsp3) is 0.519. The third kappa shape index (κ3) is 3.14. The molecule has 0 N–H and O–H groups in total. The van der Waals surface area contributed by atoms with E-state index >= 15 is 0 Å². The molecule has 3 aliphatic carbocycles. The van der Waals surface area contributed by atoms with Gasteiger partial charge in [0.25, 0.3) is 0 Å². The van der Waals surface area contributed by atoms with Gasteiger partial charge in [0.15, 0.2) is 0 Å². The minimum Gasteiger partial charge on any atom is -0.487 e. The number of Topliss-reactive ketones (excluding diaryl/α,β-unsaturated/α-hetero) is 1. The predicted octanol–water partition coefficient (Wildman–Crippen LogP) is 5.76. The van der Waals surface area contributed by atoms with Gasteiger partial charge in [0.2, 0.25) is 0 Å². The standard InChI is InChI=1S/C27H33NO2/c1-27-14-13-20-21(23(27)11-12-26(27)29)10-9-19-15-25(24(28(2)3)16-22(19)20)30-17-18-7-5-4-6-8-18/h4-8,15-16,20-21,23H,9-14,17H2,1-3H3/t20-,21+,23-,27-/m0/s1. The summed E-state index contributed by atoms with van der Waals surface area (Å²) in [5.41, 5.74) is 5.28. The Bertz CT molecular complexity index is 951. The van der Waals surface area contributed by atoms with Crippen LogP contribution in [0.1, 0.15) is 61.6 Å². The summed E-state index contributed by atoms with van der Waals surface area (Å²) in [5.74, 6) is 3.34. The zero-order valence-corrected chi connectivity index (χ0v) is 18.5. The van der Waals surface area contributed by atoms with Gasteiger partial charge in [-0.05, 0) is 78.7 Å². The number of anilines is 1. The maximum absolute atomic E-state index is 12.6. The van der Waals surface area contributed by atoms with Gasteiger partial charge in [-0.1, -0.05) is 37.3 Å². The number of fused-ring (bicyclic) bond motifs is 5. The average molecular weight is 404 g/mol. The smallest absolute Gasteiger partial charge is 0.143 e. The van der Waals surface area contributed by atoms with E-state index in [9.17, 15) is 4.79 Å². The van der Waals surface area contributed by atoms with Gasteiger partial charge in [-0.3, -0.25) is 4.79 Å². The van der Waals surface area contributed by atoms with Gasteiger partial charge in [0.05, 0.1) is 5.69 Å². The van der Waals surface area contributed by atoms with Crippen LogP contribution < -0.4 is 9.64 Å².